The van der Waals surface area contributed by atoms with Crippen molar-refractivity contribution in [1.82, 2.24) is 5.48 Å². The lowest BCUT2D eigenvalue weighted by Gasteiger charge is -2.11. The SMILES string of the molecule is Cc1ccc(NC(=S)NOCc2ccccc2)cc1C. The summed E-state index contributed by atoms with van der Waals surface area (Å²) in [6.45, 7) is 4.62. The minimum Gasteiger partial charge on any atom is -0.331 e. The highest BCUT2D eigenvalue weighted by molar-refractivity contribution is 7.80. The van der Waals surface area contributed by atoms with Crippen molar-refractivity contribution >= 4 is 23.0 Å². The van der Waals surface area contributed by atoms with Gasteiger partial charge >= 0.3 is 0 Å². The molecular weight excluding hydrogens is 268 g/mol. The fraction of sp³-hybridized carbons (Fsp3) is 0.188. The largest absolute Gasteiger partial charge is 0.331 e. The fourth-order valence-electron chi connectivity index (χ4n) is 1.73. The second-order valence-electron chi connectivity index (χ2n) is 4.63. The number of hydrogen-bond acceptors (Lipinski definition) is 2. The van der Waals surface area contributed by atoms with Gasteiger partial charge in [-0.05, 0) is 54.9 Å². The Morgan fingerprint density at radius 3 is 2.50 bits per heavy atom. The summed E-state index contributed by atoms with van der Waals surface area (Å²) in [5.41, 5.74) is 7.26. The van der Waals surface area contributed by atoms with Crippen molar-refractivity contribution in [2.24, 2.45) is 0 Å². The van der Waals surface area contributed by atoms with E-state index in [1.54, 1.807) is 0 Å². The number of aryl methyl sites for hydroxylation is 2. The van der Waals surface area contributed by atoms with Gasteiger partial charge < -0.3 is 5.32 Å². The van der Waals surface area contributed by atoms with Gasteiger partial charge in [0.25, 0.3) is 0 Å². The summed E-state index contributed by atoms with van der Waals surface area (Å²) in [4.78, 5) is 5.35. The number of nitrogens with one attached hydrogen (secondary N) is 2. The van der Waals surface area contributed by atoms with Crippen LogP contribution in [0.3, 0.4) is 0 Å². The predicted molar refractivity (Wildman–Crippen MR) is 86.5 cm³/mol. The second kappa shape index (κ2) is 7.03. The summed E-state index contributed by atoms with van der Waals surface area (Å²) in [5, 5.41) is 3.54. The van der Waals surface area contributed by atoms with E-state index in [4.69, 9.17) is 17.1 Å². The van der Waals surface area contributed by atoms with E-state index >= 15 is 0 Å². The molecule has 104 valence electrons. The molecule has 2 aromatic carbocycles. The molecular formula is C16H18N2OS. The third-order valence-electron chi connectivity index (χ3n) is 3.01. The minimum absolute atomic E-state index is 0.448. The lowest BCUT2D eigenvalue weighted by atomic mass is 10.1. The highest BCUT2D eigenvalue weighted by atomic mass is 32.1. The molecule has 20 heavy (non-hydrogen) atoms. The number of thiocarbonyl (C=S) groups is 1. The summed E-state index contributed by atoms with van der Waals surface area (Å²) in [6, 6.07) is 16.0. The number of benzene rings is 2. The Balaban J connectivity index is 1.79. The average molecular weight is 286 g/mol. The zero-order valence-electron chi connectivity index (χ0n) is 11.6. The molecule has 0 unspecified atom stereocenters. The Morgan fingerprint density at radius 2 is 1.80 bits per heavy atom. The van der Waals surface area contributed by atoms with Crippen molar-refractivity contribution in [1.29, 1.82) is 0 Å². The van der Waals surface area contributed by atoms with E-state index in [0.717, 1.165) is 11.3 Å². The van der Waals surface area contributed by atoms with Crippen LogP contribution >= 0.6 is 12.2 Å². The van der Waals surface area contributed by atoms with Crippen LogP contribution in [0.25, 0.3) is 0 Å². The van der Waals surface area contributed by atoms with Crippen molar-refractivity contribution in [2.45, 2.75) is 20.5 Å². The fourth-order valence-corrected chi connectivity index (χ4v) is 1.91. The van der Waals surface area contributed by atoms with E-state index in [0.29, 0.717) is 11.7 Å². The first-order chi connectivity index (χ1) is 9.65. The van der Waals surface area contributed by atoms with Gasteiger partial charge in [0.15, 0.2) is 5.11 Å². The lowest BCUT2D eigenvalue weighted by Crippen LogP contribution is -2.28. The van der Waals surface area contributed by atoms with Crippen LogP contribution < -0.4 is 10.8 Å². The molecule has 0 aromatic heterocycles. The van der Waals surface area contributed by atoms with E-state index in [2.05, 4.69) is 36.8 Å². The van der Waals surface area contributed by atoms with Crippen LogP contribution in [0, 0.1) is 13.8 Å². The van der Waals surface area contributed by atoms with Gasteiger partial charge in [-0.25, -0.2) is 5.48 Å². The Hall–Kier alpha value is -1.91. The quantitative estimate of drug-likeness (QED) is 0.663. The van der Waals surface area contributed by atoms with Crippen molar-refractivity contribution < 1.29 is 4.84 Å². The molecule has 0 amide bonds. The third kappa shape index (κ3) is 4.33. The van der Waals surface area contributed by atoms with E-state index in [1.165, 1.54) is 11.1 Å². The Bertz CT molecular complexity index is 584. The van der Waals surface area contributed by atoms with Crippen LogP contribution in [-0.2, 0) is 11.4 Å². The highest BCUT2D eigenvalue weighted by Crippen LogP contribution is 2.13. The summed E-state index contributed by atoms with van der Waals surface area (Å²) in [6.07, 6.45) is 0. The molecule has 0 saturated heterocycles. The van der Waals surface area contributed by atoms with Gasteiger partial charge in [0.1, 0.15) is 0 Å². The molecule has 0 atom stereocenters. The number of hydrogen-bond donors (Lipinski definition) is 2. The molecule has 0 bridgehead atoms. The zero-order valence-corrected chi connectivity index (χ0v) is 12.5. The molecule has 0 aliphatic heterocycles. The number of rotatable bonds is 4. The zero-order chi connectivity index (χ0) is 14.4. The van der Waals surface area contributed by atoms with Crippen molar-refractivity contribution in [2.75, 3.05) is 5.32 Å². The third-order valence-corrected chi connectivity index (χ3v) is 3.20. The van der Waals surface area contributed by atoms with Crippen molar-refractivity contribution in [3.05, 3.63) is 65.2 Å². The van der Waals surface area contributed by atoms with Gasteiger partial charge in [0, 0.05) is 5.69 Å². The van der Waals surface area contributed by atoms with Crippen LogP contribution in [-0.4, -0.2) is 5.11 Å². The van der Waals surface area contributed by atoms with Crippen LogP contribution in [0.2, 0.25) is 0 Å². The molecule has 2 rings (SSSR count). The van der Waals surface area contributed by atoms with Gasteiger partial charge in [-0.15, -0.1) is 0 Å². The van der Waals surface area contributed by atoms with Gasteiger partial charge in [-0.3, -0.25) is 4.84 Å². The second-order valence-corrected chi connectivity index (χ2v) is 5.04. The van der Waals surface area contributed by atoms with Crippen molar-refractivity contribution in [3.63, 3.8) is 0 Å². The maximum atomic E-state index is 5.35. The molecule has 0 heterocycles. The van der Waals surface area contributed by atoms with Crippen LogP contribution in [0.15, 0.2) is 48.5 Å². The van der Waals surface area contributed by atoms with E-state index in [9.17, 15) is 0 Å². The molecule has 0 fully saturated rings. The Kier molecular flexibility index (Phi) is 5.09. The van der Waals surface area contributed by atoms with E-state index in [1.807, 2.05) is 36.4 Å². The van der Waals surface area contributed by atoms with E-state index < -0.39 is 0 Å². The lowest BCUT2D eigenvalue weighted by molar-refractivity contribution is 0.0728. The van der Waals surface area contributed by atoms with Gasteiger partial charge in [-0.1, -0.05) is 36.4 Å². The summed E-state index contributed by atoms with van der Waals surface area (Å²) >= 11 is 5.18. The first-order valence-electron chi connectivity index (χ1n) is 6.45. The molecule has 3 nitrogen and oxygen atoms in total. The molecule has 0 aliphatic rings. The normalized spacial score (nSPS) is 10.1. The molecule has 2 N–H and O–H groups in total. The minimum atomic E-state index is 0.448. The highest BCUT2D eigenvalue weighted by Gasteiger charge is 2.00. The topological polar surface area (TPSA) is 33.3 Å². The predicted octanol–water partition coefficient (Wildman–Crippen LogP) is 3.72. The molecule has 0 saturated carbocycles. The summed E-state index contributed by atoms with van der Waals surface area (Å²) < 4.78 is 0. The van der Waals surface area contributed by atoms with Crippen LogP contribution in [0.4, 0.5) is 5.69 Å². The van der Waals surface area contributed by atoms with Gasteiger partial charge in [0.2, 0.25) is 0 Å². The van der Waals surface area contributed by atoms with Crippen LogP contribution in [0.1, 0.15) is 16.7 Å². The Morgan fingerprint density at radius 1 is 1.05 bits per heavy atom. The van der Waals surface area contributed by atoms with Gasteiger partial charge in [-0.2, -0.15) is 0 Å². The van der Waals surface area contributed by atoms with E-state index in [-0.39, 0.29) is 0 Å². The summed E-state index contributed by atoms with van der Waals surface area (Å²) in [5.74, 6) is 0. The first kappa shape index (κ1) is 14.5. The molecule has 4 heteroatoms. The summed E-state index contributed by atoms with van der Waals surface area (Å²) in [7, 11) is 0. The van der Waals surface area contributed by atoms with Crippen molar-refractivity contribution in [3.8, 4) is 0 Å². The number of hydroxylamine groups is 1. The average Bonchev–Trinajstić information content (AvgIpc) is 2.44. The smallest absolute Gasteiger partial charge is 0.195 e. The van der Waals surface area contributed by atoms with Crippen LogP contribution in [0.5, 0.6) is 0 Å². The monoisotopic (exact) mass is 286 g/mol. The molecule has 0 aliphatic carbocycles. The number of anilines is 1. The molecule has 0 radical (unpaired) electrons. The molecule has 0 spiro atoms. The standard InChI is InChI=1S/C16H18N2OS/c1-12-8-9-15(10-13(12)2)17-16(20)18-19-11-14-6-4-3-5-7-14/h3-10H,11H2,1-2H3,(H2,17,18,20). The maximum absolute atomic E-state index is 5.35. The first-order valence-corrected chi connectivity index (χ1v) is 6.86. The molecule has 2 aromatic rings. The van der Waals surface area contributed by atoms with Gasteiger partial charge in [0.05, 0.1) is 6.61 Å². The Labute approximate surface area is 124 Å². The maximum Gasteiger partial charge on any atom is 0.195 e.